The number of ketones is 1. The van der Waals surface area contributed by atoms with Gasteiger partial charge in [0.1, 0.15) is 6.04 Å². The molecule has 4 heterocycles. The number of anilines is 1. The van der Waals surface area contributed by atoms with Crippen molar-refractivity contribution in [2.45, 2.75) is 38.4 Å². The molecule has 4 atom stereocenters. The van der Waals surface area contributed by atoms with Crippen molar-refractivity contribution < 1.29 is 14.4 Å². The topological polar surface area (TPSA) is 57.7 Å². The van der Waals surface area contributed by atoms with Crippen LogP contribution in [0.1, 0.15) is 36.0 Å². The van der Waals surface area contributed by atoms with Crippen molar-refractivity contribution in [3.8, 4) is 0 Å². The Morgan fingerprint density at radius 1 is 1.00 bits per heavy atom. The van der Waals surface area contributed by atoms with E-state index in [1.165, 1.54) is 16.2 Å². The van der Waals surface area contributed by atoms with Crippen molar-refractivity contribution in [3.05, 3.63) is 58.3 Å². The summed E-state index contributed by atoms with van der Waals surface area (Å²) in [5.41, 5.74) is 1.29. The van der Waals surface area contributed by atoms with Crippen molar-refractivity contribution in [2.75, 3.05) is 4.90 Å². The molecule has 0 saturated carbocycles. The summed E-state index contributed by atoms with van der Waals surface area (Å²) in [5, 5.41) is 1.87. The van der Waals surface area contributed by atoms with E-state index in [9.17, 15) is 14.4 Å². The largest absolute Gasteiger partial charge is 0.352 e. The van der Waals surface area contributed by atoms with E-state index in [2.05, 4.69) is 0 Å². The Bertz CT molecular complexity index is 1050. The van der Waals surface area contributed by atoms with Gasteiger partial charge in [-0.2, -0.15) is 0 Å². The Kier molecular flexibility index (Phi) is 3.87. The van der Waals surface area contributed by atoms with Gasteiger partial charge in [-0.05, 0) is 43.8 Å². The van der Waals surface area contributed by atoms with Gasteiger partial charge in [0.25, 0.3) is 0 Å². The summed E-state index contributed by atoms with van der Waals surface area (Å²) in [6.45, 7) is 5.59. The lowest BCUT2D eigenvalue weighted by atomic mass is 9.87. The zero-order valence-electron chi connectivity index (χ0n) is 16.5. The molecular formula is C23H22N2O3S. The highest BCUT2D eigenvalue weighted by molar-refractivity contribution is 7.12. The molecule has 1 aromatic carbocycles. The minimum absolute atomic E-state index is 0.0838. The number of hydrogen-bond acceptors (Lipinski definition) is 5. The Balaban J connectivity index is 1.68. The minimum Gasteiger partial charge on any atom is -0.352 e. The molecular weight excluding hydrogens is 384 g/mol. The van der Waals surface area contributed by atoms with Crippen LogP contribution in [0.5, 0.6) is 0 Å². The number of carbonyl (C=O) groups is 3. The van der Waals surface area contributed by atoms with Gasteiger partial charge in [-0.25, -0.2) is 0 Å². The Hall–Kier alpha value is -2.73. The van der Waals surface area contributed by atoms with Crippen LogP contribution in [0.25, 0.3) is 6.08 Å². The molecule has 0 aliphatic carbocycles. The molecule has 148 valence electrons. The number of para-hydroxylation sites is 1. The fraction of sp³-hybridized carbons (Fsp3) is 0.348. The lowest BCUT2D eigenvalue weighted by Crippen LogP contribution is -2.52. The van der Waals surface area contributed by atoms with E-state index in [0.717, 1.165) is 11.3 Å². The number of amides is 2. The summed E-state index contributed by atoms with van der Waals surface area (Å²) in [6, 6.07) is 10.5. The van der Waals surface area contributed by atoms with E-state index in [1.54, 1.807) is 6.07 Å². The lowest BCUT2D eigenvalue weighted by molar-refractivity contribution is -0.145. The minimum atomic E-state index is -0.682. The maximum Gasteiger partial charge on any atom is 0.236 e. The Morgan fingerprint density at radius 3 is 2.41 bits per heavy atom. The normalized spacial score (nSPS) is 27.8. The molecule has 5 nitrogen and oxygen atoms in total. The predicted octanol–water partition coefficient (Wildman–Crippen LogP) is 3.61. The van der Waals surface area contributed by atoms with Gasteiger partial charge in [-0.15, -0.1) is 11.3 Å². The smallest absolute Gasteiger partial charge is 0.236 e. The van der Waals surface area contributed by atoms with Gasteiger partial charge in [0, 0.05) is 11.2 Å². The molecule has 6 heteroatoms. The molecule has 0 unspecified atom stereocenters. The van der Waals surface area contributed by atoms with Crippen molar-refractivity contribution in [1.82, 2.24) is 4.90 Å². The Morgan fingerprint density at radius 2 is 1.72 bits per heavy atom. The molecule has 2 aromatic rings. The predicted molar refractivity (Wildman–Crippen MR) is 113 cm³/mol. The molecule has 2 saturated heterocycles. The second-order valence-electron chi connectivity index (χ2n) is 8.84. The highest BCUT2D eigenvalue weighted by atomic mass is 32.1. The maximum atomic E-state index is 13.6. The van der Waals surface area contributed by atoms with Gasteiger partial charge in [0.2, 0.25) is 11.8 Å². The highest BCUT2D eigenvalue weighted by Gasteiger charge is 2.65. The Labute approximate surface area is 173 Å². The van der Waals surface area contributed by atoms with E-state index < -0.39 is 23.4 Å². The van der Waals surface area contributed by atoms with E-state index in [-0.39, 0.29) is 23.6 Å². The number of hydrogen-bond donors (Lipinski definition) is 0. The molecule has 0 N–H and O–H groups in total. The molecule has 0 radical (unpaired) electrons. The maximum absolute atomic E-state index is 13.6. The molecule has 1 aromatic heterocycles. The summed E-state index contributed by atoms with van der Waals surface area (Å²) < 4.78 is 0. The molecule has 29 heavy (non-hydrogen) atoms. The van der Waals surface area contributed by atoms with Crippen LogP contribution < -0.4 is 4.90 Å². The van der Waals surface area contributed by atoms with E-state index in [4.69, 9.17) is 0 Å². The summed E-state index contributed by atoms with van der Waals surface area (Å²) in [5.74, 6) is -1.70. The lowest BCUT2D eigenvalue weighted by Gasteiger charge is -2.38. The van der Waals surface area contributed by atoms with Crippen LogP contribution >= 0.6 is 11.3 Å². The zero-order chi connectivity index (χ0) is 20.5. The van der Waals surface area contributed by atoms with Crippen LogP contribution in [0.4, 0.5) is 5.69 Å². The van der Waals surface area contributed by atoms with Crippen molar-refractivity contribution in [3.63, 3.8) is 0 Å². The molecule has 2 fully saturated rings. The van der Waals surface area contributed by atoms with Crippen molar-refractivity contribution in [2.24, 2.45) is 11.8 Å². The van der Waals surface area contributed by atoms with Crippen LogP contribution in [0.15, 0.2) is 47.9 Å². The van der Waals surface area contributed by atoms with Gasteiger partial charge in [-0.3, -0.25) is 19.3 Å². The van der Waals surface area contributed by atoms with E-state index in [0.29, 0.717) is 4.88 Å². The second-order valence-corrected chi connectivity index (χ2v) is 9.78. The second kappa shape index (κ2) is 6.13. The highest BCUT2D eigenvalue weighted by Crippen LogP contribution is 2.50. The van der Waals surface area contributed by atoms with Gasteiger partial charge in [-0.1, -0.05) is 36.4 Å². The first-order chi connectivity index (χ1) is 13.8. The first-order valence-electron chi connectivity index (χ1n) is 9.82. The average Bonchev–Trinajstić information content (AvgIpc) is 3.37. The number of rotatable bonds is 2. The monoisotopic (exact) mass is 406 g/mol. The molecule has 0 bridgehead atoms. The van der Waals surface area contributed by atoms with Crippen molar-refractivity contribution in [1.29, 1.82) is 0 Å². The van der Waals surface area contributed by atoms with Crippen molar-refractivity contribution >= 4 is 40.7 Å². The molecule has 5 rings (SSSR count). The quantitative estimate of drug-likeness (QED) is 0.565. The van der Waals surface area contributed by atoms with Crippen LogP contribution in [0.3, 0.4) is 0 Å². The number of Topliss-reactive ketones (excluding diaryl/α,β-unsaturated/α-hetero) is 1. The van der Waals surface area contributed by atoms with Crippen LogP contribution in [-0.4, -0.2) is 40.1 Å². The summed E-state index contributed by atoms with van der Waals surface area (Å²) >= 11 is 1.38. The molecule has 3 aliphatic rings. The first kappa shape index (κ1) is 18.3. The van der Waals surface area contributed by atoms with Gasteiger partial charge in [0.05, 0.1) is 22.8 Å². The van der Waals surface area contributed by atoms with Gasteiger partial charge in [0.15, 0.2) is 5.78 Å². The fourth-order valence-corrected chi connectivity index (χ4v) is 5.74. The van der Waals surface area contributed by atoms with E-state index in [1.807, 2.05) is 73.5 Å². The fourth-order valence-electron chi connectivity index (χ4n) is 5.04. The zero-order valence-corrected chi connectivity index (χ0v) is 17.3. The third kappa shape index (κ3) is 2.48. The third-order valence-electron chi connectivity index (χ3n) is 6.12. The number of benzene rings is 1. The standard InChI is InChI=1S/C23H22N2O3S/c1-23(2,3)25-21(27)17-15-11-10-13-7-4-5-8-14(13)24(15)19(18(17)22(25)28)20(26)16-9-6-12-29-16/h4-12,15,17-19H,1-3H3/t15-,17+,18+,19-/m0/s1. The van der Waals surface area contributed by atoms with E-state index >= 15 is 0 Å². The summed E-state index contributed by atoms with van der Waals surface area (Å²) in [7, 11) is 0. The van der Waals surface area contributed by atoms with Gasteiger partial charge >= 0.3 is 0 Å². The number of thiophene rings is 1. The summed E-state index contributed by atoms with van der Waals surface area (Å²) in [4.78, 5) is 44.5. The number of carbonyl (C=O) groups excluding carboxylic acids is 3. The molecule has 0 spiro atoms. The number of fused-ring (bicyclic) bond motifs is 5. The molecule has 3 aliphatic heterocycles. The van der Waals surface area contributed by atoms with Crippen LogP contribution in [0.2, 0.25) is 0 Å². The first-order valence-corrected chi connectivity index (χ1v) is 10.7. The molecule has 2 amide bonds. The number of nitrogens with zero attached hydrogens (tertiary/aromatic N) is 2. The third-order valence-corrected chi connectivity index (χ3v) is 7.00. The number of imide groups is 1. The van der Waals surface area contributed by atoms with Crippen LogP contribution in [-0.2, 0) is 9.59 Å². The average molecular weight is 407 g/mol. The number of likely N-dealkylation sites (tertiary alicyclic amines) is 1. The summed E-state index contributed by atoms with van der Waals surface area (Å²) in [6.07, 6.45) is 3.99. The van der Waals surface area contributed by atoms with Crippen LogP contribution in [0, 0.1) is 11.8 Å². The van der Waals surface area contributed by atoms with Gasteiger partial charge < -0.3 is 4.90 Å². The SMILES string of the molecule is CC(C)(C)N1C(=O)[C@@H]2[C@H](C1=O)[C@@H]1C=Cc3ccccc3N1[C@@H]2C(=O)c1cccs1.